The summed E-state index contributed by atoms with van der Waals surface area (Å²) < 4.78 is 24.4. The standard InChI is InChI=1S/C12H22O2P2/c1-15(2,13)11-7-10-6-5-9(11)8-12(10)16(3,4)14/h5-6,9-12H,7-8H2,1-4H3/t9?,10?,11-,12-/m1/s1. The fraction of sp³-hybridized carbons (Fsp3) is 0.833. The minimum absolute atomic E-state index is 0.338. The molecule has 16 heavy (non-hydrogen) atoms. The van der Waals surface area contributed by atoms with Gasteiger partial charge in [0.1, 0.15) is 0 Å². The summed E-state index contributed by atoms with van der Waals surface area (Å²) in [5.74, 6) is 0.813. The van der Waals surface area contributed by atoms with Crippen LogP contribution in [-0.2, 0) is 9.13 Å². The molecule has 2 unspecified atom stereocenters. The second-order valence-corrected chi connectivity index (χ2v) is 13.3. The number of hydrogen-bond acceptors (Lipinski definition) is 2. The van der Waals surface area contributed by atoms with Gasteiger partial charge < -0.3 is 9.13 Å². The summed E-state index contributed by atoms with van der Waals surface area (Å²) in [7, 11) is -4.01. The van der Waals surface area contributed by atoms with Crippen molar-refractivity contribution in [3.8, 4) is 0 Å². The molecule has 3 aliphatic carbocycles. The first-order chi connectivity index (χ1) is 7.19. The van der Waals surface area contributed by atoms with Gasteiger partial charge in [0.2, 0.25) is 0 Å². The van der Waals surface area contributed by atoms with Crippen LogP contribution >= 0.6 is 14.3 Å². The highest BCUT2D eigenvalue weighted by molar-refractivity contribution is 7.63. The molecule has 1 saturated carbocycles. The number of hydrogen-bond donors (Lipinski definition) is 0. The molecule has 4 heteroatoms. The first-order valence-electron chi connectivity index (χ1n) is 5.97. The summed E-state index contributed by atoms with van der Waals surface area (Å²) in [6.07, 6.45) is 6.43. The summed E-state index contributed by atoms with van der Waals surface area (Å²) in [5.41, 5.74) is 0.676. The highest BCUT2D eigenvalue weighted by Gasteiger charge is 2.46. The first kappa shape index (κ1) is 12.7. The van der Waals surface area contributed by atoms with Gasteiger partial charge in [-0.25, -0.2) is 0 Å². The zero-order chi connectivity index (χ0) is 12.1. The van der Waals surface area contributed by atoms with Crippen molar-refractivity contribution in [3.05, 3.63) is 12.2 Å². The molecule has 92 valence electrons. The van der Waals surface area contributed by atoms with E-state index in [-0.39, 0.29) is 0 Å². The lowest BCUT2D eigenvalue weighted by atomic mass is 9.75. The van der Waals surface area contributed by atoms with Crippen molar-refractivity contribution < 1.29 is 9.13 Å². The van der Waals surface area contributed by atoms with Gasteiger partial charge in [0.25, 0.3) is 0 Å². The summed E-state index contributed by atoms with van der Waals surface area (Å²) in [4.78, 5) is 0. The largest absolute Gasteiger partial charge is 0.324 e. The molecule has 2 bridgehead atoms. The van der Waals surface area contributed by atoms with E-state index in [1.54, 1.807) is 0 Å². The van der Waals surface area contributed by atoms with E-state index in [0.29, 0.717) is 23.2 Å². The fourth-order valence-electron chi connectivity index (χ4n) is 3.35. The van der Waals surface area contributed by atoms with Gasteiger partial charge >= 0.3 is 0 Å². The maximum atomic E-state index is 12.2. The van der Waals surface area contributed by atoms with Gasteiger partial charge in [-0.3, -0.25) is 0 Å². The van der Waals surface area contributed by atoms with Crippen LogP contribution in [0.1, 0.15) is 12.8 Å². The van der Waals surface area contributed by atoms with Crippen LogP contribution in [0.3, 0.4) is 0 Å². The molecular weight excluding hydrogens is 238 g/mol. The second-order valence-electron chi connectivity index (χ2n) is 6.19. The molecule has 0 aliphatic heterocycles. The number of rotatable bonds is 2. The van der Waals surface area contributed by atoms with Crippen LogP contribution in [0.25, 0.3) is 0 Å². The van der Waals surface area contributed by atoms with Crippen LogP contribution in [0.2, 0.25) is 0 Å². The van der Waals surface area contributed by atoms with Gasteiger partial charge in [-0.05, 0) is 51.3 Å². The van der Waals surface area contributed by atoms with Gasteiger partial charge in [0.15, 0.2) is 0 Å². The topological polar surface area (TPSA) is 34.1 Å². The molecule has 0 N–H and O–H groups in total. The Kier molecular flexibility index (Phi) is 3.05. The Balaban J connectivity index is 2.25. The molecule has 0 saturated heterocycles. The van der Waals surface area contributed by atoms with Gasteiger partial charge in [-0.15, -0.1) is 0 Å². The van der Waals surface area contributed by atoms with Gasteiger partial charge in [0.05, 0.1) is 14.3 Å². The smallest absolute Gasteiger partial charge is 0.0854 e. The number of allylic oxidation sites excluding steroid dienone is 2. The highest BCUT2D eigenvalue weighted by Crippen LogP contribution is 2.61. The highest BCUT2D eigenvalue weighted by atomic mass is 31.2. The molecule has 3 rings (SSSR count). The first-order valence-corrected chi connectivity index (χ1v) is 11.3. The summed E-state index contributed by atoms with van der Waals surface area (Å²) >= 11 is 0. The molecule has 2 nitrogen and oxygen atoms in total. The van der Waals surface area contributed by atoms with Crippen molar-refractivity contribution >= 4 is 14.3 Å². The molecule has 0 aromatic heterocycles. The minimum Gasteiger partial charge on any atom is -0.324 e. The molecule has 0 radical (unpaired) electrons. The van der Waals surface area contributed by atoms with Crippen molar-refractivity contribution in [3.63, 3.8) is 0 Å². The van der Waals surface area contributed by atoms with E-state index in [4.69, 9.17) is 0 Å². The average molecular weight is 260 g/mol. The summed E-state index contributed by atoms with van der Waals surface area (Å²) in [6.45, 7) is 7.61. The van der Waals surface area contributed by atoms with Crippen LogP contribution in [0.15, 0.2) is 12.2 Å². The molecule has 4 atom stereocenters. The number of fused-ring (bicyclic) bond motifs is 2. The Labute approximate surface area is 98.6 Å². The van der Waals surface area contributed by atoms with E-state index in [9.17, 15) is 9.13 Å². The second kappa shape index (κ2) is 3.85. The van der Waals surface area contributed by atoms with Crippen molar-refractivity contribution in [2.45, 2.75) is 24.2 Å². The minimum atomic E-state index is -2.00. The monoisotopic (exact) mass is 260 g/mol. The van der Waals surface area contributed by atoms with Crippen LogP contribution in [-0.4, -0.2) is 38.0 Å². The molecule has 3 aliphatic rings. The maximum Gasteiger partial charge on any atom is 0.0854 e. The van der Waals surface area contributed by atoms with Crippen LogP contribution in [0.5, 0.6) is 0 Å². The Bertz CT molecular complexity index is 363. The Morgan fingerprint density at radius 2 is 1.12 bits per heavy atom. The van der Waals surface area contributed by atoms with E-state index >= 15 is 0 Å². The third kappa shape index (κ3) is 2.24. The predicted octanol–water partition coefficient (Wildman–Crippen LogP) is 3.57. The van der Waals surface area contributed by atoms with Gasteiger partial charge in [-0.2, -0.15) is 0 Å². The molecular formula is C12H22O2P2. The molecule has 1 fully saturated rings. The van der Waals surface area contributed by atoms with Crippen molar-refractivity contribution in [1.82, 2.24) is 0 Å². The van der Waals surface area contributed by atoms with Crippen molar-refractivity contribution in [2.24, 2.45) is 11.8 Å². The lowest BCUT2D eigenvalue weighted by molar-refractivity contribution is 0.329. The van der Waals surface area contributed by atoms with Gasteiger partial charge in [-0.1, -0.05) is 12.2 Å². The SMILES string of the molecule is CP(C)(=O)[C@@H]1CC2C=CC1C[C@H]2P(C)(C)=O. The normalized spacial score (nSPS) is 39.0. The lowest BCUT2D eigenvalue weighted by Gasteiger charge is -2.46. The zero-order valence-electron chi connectivity index (χ0n) is 10.6. The van der Waals surface area contributed by atoms with E-state index in [1.165, 1.54) is 0 Å². The lowest BCUT2D eigenvalue weighted by Crippen LogP contribution is -2.40. The van der Waals surface area contributed by atoms with Crippen molar-refractivity contribution in [2.75, 3.05) is 26.7 Å². The van der Waals surface area contributed by atoms with E-state index in [0.717, 1.165) is 12.8 Å². The molecule has 0 aromatic carbocycles. The maximum absolute atomic E-state index is 12.2. The zero-order valence-corrected chi connectivity index (χ0v) is 12.4. The summed E-state index contributed by atoms with van der Waals surface area (Å²) in [5, 5.41) is 0. The van der Waals surface area contributed by atoms with Crippen molar-refractivity contribution in [1.29, 1.82) is 0 Å². The average Bonchev–Trinajstić information content (AvgIpc) is 2.15. The van der Waals surface area contributed by atoms with Crippen LogP contribution < -0.4 is 0 Å². The predicted molar refractivity (Wildman–Crippen MR) is 71.8 cm³/mol. The third-order valence-electron chi connectivity index (χ3n) is 4.22. The fourth-order valence-corrected chi connectivity index (χ4v) is 7.14. The molecule has 0 amide bonds. The summed E-state index contributed by atoms with van der Waals surface area (Å²) in [6, 6.07) is 0. The van der Waals surface area contributed by atoms with Crippen LogP contribution in [0.4, 0.5) is 0 Å². The third-order valence-corrected chi connectivity index (χ3v) is 8.60. The Hall–Kier alpha value is 0.200. The molecule has 0 heterocycles. The Morgan fingerprint density at radius 3 is 1.31 bits per heavy atom. The van der Waals surface area contributed by atoms with Crippen LogP contribution in [0, 0.1) is 11.8 Å². The van der Waals surface area contributed by atoms with Gasteiger partial charge in [0, 0.05) is 11.3 Å². The van der Waals surface area contributed by atoms with E-state index in [1.807, 2.05) is 26.7 Å². The van der Waals surface area contributed by atoms with E-state index in [2.05, 4.69) is 12.2 Å². The Morgan fingerprint density at radius 1 is 0.812 bits per heavy atom. The molecule has 0 aromatic rings. The quantitative estimate of drug-likeness (QED) is 0.562. The molecule has 0 spiro atoms. The van der Waals surface area contributed by atoms with E-state index < -0.39 is 14.3 Å².